The van der Waals surface area contributed by atoms with Gasteiger partial charge in [-0.25, -0.2) is 19.6 Å². The molecule has 356 valence electrons. The van der Waals surface area contributed by atoms with Crippen molar-refractivity contribution in [1.82, 2.24) is 59.4 Å². The Kier molecular flexibility index (Phi) is 18.9. The molecule has 37 heteroatoms. The number of hydrogen-bond donors (Lipinski definition) is 21. The van der Waals surface area contributed by atoms with Gasteiger partial charge >= 0.3 is 11.4 Å². The highest BCUT2D eigenvalue weighted by molar-refractivity contribution is 7.71. The van der Waals surface area contributed by atoms with E-state index in [0.29, 0.717) is 11.6 Å². The quantitative estimate of drug-likeness (QED) is 0.0579. The number of nitrogens with zero attached hydrogens (tertiary/aromatic N) is 10. The summed E-state index contributed by atoms with van der Waals surface area (Å²) in [5.41, 5.74) is 76.7. The van der Waals surface area contributed by atoms with Gasteiger partial charge in [-0.3, -0.25) is 24.3 Å². The van der Waals surface area contributed by atoms with Gasteiger partial charge in [0, 0.05) is 12.3 Å². The third-order valence-corrected chi connectivity index (χ3v) is 7.69. The number of aliphatic hydroxyl groups excluding tert-OH is 3. The van der Waals surface area contributed by atoms with Crippen LogP contribution in [0, 0.1) is 9.55 Å². The molecule has 1 saturated heterocycles. The van der Waals surface area contributed by atoms with Gasteiger partial charge in [0.05, 0.1) is 6.61 Å². The minimum Gasteiger partial charge on any atom is -0.394 e. The summed E-state index contributed by atoms with van der Waals surface area (Å²) < 4.78 is 6.55. The Labute approximate surface area is 372 Å². The van der Waals surface area contributed by atoms with Crippen LogP contribution in [-0.2, 0) is 4.74 Å². The molecular weight excluding hydrogens is 901 g/mol. The Bertz CT molecular complexity index is 2720. The molecule has 36 N–H and O–H groups in total. The van der Waals surface area contributed by atoms with E-state index in [-0.39, 0.29) is 86.0 Å². The van der Waals surface area contributed by atoms with E-state index in [1.165, 1.54) is 24.7 Å². The third-order valence-electron chi connectivity index (χ3n) is 7.45. The molecule has 0 bridgehead atoms. The average molecular weight is 947 g/mol. The zero-order chi connectivity index (χ0) is 50.2. The van der Waals surface area contributed by atoms with E-state index < -0.39 is 48.1 Å². The van der Waals surface area contributed by atoms with Gasteiger partial charge in [-0.1, -0.05) is 12.2 Å². The van der Waals surface area contributed by atoms with E-state index >= 15 is 0 Å². The molecule has 0 radical (unpaired) electrons. The first kappa shape index (κ1) is 52.7. The maximum Gasteiger partial charge on any atom is 0.348 e. The number of rotatable bonds is 3. The second-order valence-electron chi connectivity index (χ2n) is 12.2. The number of aromatic amines is 3. The Morgan fingerprint density at radius 3 is 1.64 bits per heavy atom. The average Bonchev–Trinajstić information content (AvgIpc) is 3.50. The summed E-state index contributed by atoms with van der Waals surface area (Å²) in [6.07, 6.45) is -1.84. The molecule has 0 unspecified atom stereocenters. The number of nitroso groups, excluding NO2 is 1. The fourth-order valence-electron chi connectivity index (χ4n) is 4.31. The van der Waals surface area contributed by atoms with Gasteiger partial charge in [0.1, 0.15) is 63.8 Å². The summed E-state index contributed by atoms with van der Waals surface area (Å²) in [5.74, 6) is 0.789. The van der Waals surface area contributed by atoms with Gasteiger partial charge in [0.15, 0.2) is 46.8 Å². The van der Waals surface area contributed by atoms with Crippen molar-refractivity contribution in [3.63, 3.8) is 0 Å². The molecule has 1 aliphatic heterocycles. The van der Waals surface area contributed by atoms with Crippen LogP contribution in [0.4, 0.5) is 93.0 Å². The molecule has 0 saturated carbocycles. The van der Waals surface area contributed by atoms with Crippen LogP contribution in [0.25, 0.3) is 0 Å². The predicted molar refractivity (Wildman–Crippen MR) is 246 cm³/mol. The topological polar surface area (TPSA) is 696 Å². The van der Waals surface area contributed by atoms with Crippen LogP contribution in [0.5, 0.6) is 0 Å². The SMILES string of the molecule is Nc1cc(N)nc(N)n1.Nc1nc(=O)[nH]c(N)c1N.Nc1nc(N)c(N)c(=O)[nH]1.Nc1nc(N)c(N=O)c(N)n1.Nc1ncnc(N)c1N.O=c1[nH]c(=S)ccn1[C@@H]1O[C@H](CO)[C@@H](O)[C@H]1O. The number of aliphatic hydroxyl groups is 3. The molecule has 1 aliphatic rings. The largest absolute Gasteiger partial charge is 0.394 e. The van der Waals surface area contributed by atoms with Crippen molar-refractivity contribution in [2.24, 2.45) is 5.18 Å². The first-order chi connectivity index (χ1) is 30.8. The summed E-state index contributed by atoms with van der Waals surface area (Å²) in [6.45, 7) is -0.438. The maximum atomic E-state index is 11.6. The summed E-state index contributed by atoms with van der Waals surface area (Å²) in [4.78, 5) is 77.7. The zero-order valence-corrected chi connectivity index (χ0v) is 34.6. The Morgan fingerprint density at radius 1 is 0.667 bits per heavy atom. The standard InChI is InChI=1S/C9H12N2O5S.C4H6N6O.2C4H7N5O.2C4H7N5/c12-3-4-6(13)7(14)8(16-4)11-2-1-5(17)10-9(11)15;5-2-1(10-11)3(6)9-4(7)8-2;5-1-2(6)8-4(7)9-3(1)10;5-1-2(6)8-4(10)9-3(1)7;5-2-3(6)8-1-9-4(2)7;5-2-1-3(6)9-4(7)8-2/h1-2,4,6-8,12-14H,3H2,(H,10,15,17);(H6,5,6,7,8,9);2*5H2,(H5,6,7,8,9,10);1H,5H2,(H4,6,7,8,9);1H,(H6,5,6,7,8,9)/t4-,6-,7-,8-;;;;;/m1...../s1. The van der Waals surface area contributed by atoms with Gasteiger partial charge in [-0.2, -0.15) is 29.9 Å². The van der Waals surface area contributed by atoms with Crippen LogP contribution in [0.3, 0.4) is 0 Å². The molecule has 6 aromatic rings. The van der Waals surface area contributed by atoms with E-state index in [9.17, 15) is 29.5 Å². The second-order valence-corrected chi connectivity index (χ2v) is 12.6. The molecule has 0 spiro atoms. The van der Waals surface area contributed by atoms with Crippen molar-refractivity contribution in [1.29, 1.82) is 0 Å². The lowest BCUT2D eigenvalue weighted by atomic mass is 10.1. The van der Waals surface area contributed by atoms with Crippen LogP contribution >= 0.6 is 12.2 Å². The number of hydrogen-bond acceptors (Lipinski definition) is 33. The number of ether oxygens (including phenoxy) is 1. The number of anilines is 15. The Hall–Kier alpha value is -9.46. The van der Waals surface area contributed by atoms with Crippen LogP contribution in [-0.4, -0.2) is 99.6 Å². The first-order valence-electron chi connectivity index (χ1n) is 17.4. The van der Waals surface area contributed by atoms with E-state index in [2.05, 4.69) is 60.0 Å². The first-order valence-corrected chi connectivity index (χ1v) is 17.8. The summed E-state index contributed by atoms with van der Waals surface area (Å²) in [7, 11) is 0. The summed E-state index contributed by atoms with van der Waals surface area (Å²) in [6, 6.07) is 2.90. The van der Waals surface area contributed by atoms with E-state index in [0.717, 1.165) is 4.57 Å². The summed E-state index contributed by atoms with van der Waals surface area (Å²) >= 11 is 4.77. The Morgan fingerprint density at radius 2 is 1.20 bits per heavy atom. The van der Waals surface area contributed by atoms with Crippen LogP contribution in [0.2, 0.25) is 0 Å². The minimum atomic E-state index is -1.28. The van der Waals surface area contributed by atoms with Crippen molar-refractivity contribution < 1.29 is 20.1 Å². The monoisotopic (exact) mass is 946 g/mol. The van der Waals surface area contributed by atoms with Crippen LogP contribution in [0.15, 0.2) is 44.2 Å². The lowest BCUT2D eigenvalue weighted by molar-refractivity contribution is -0.0550. The maximum absolute atomic E-state index is 11.6. The van der Waals surface area contributed by atoms with Crippen LogP contribution in [0.1, 0.15) is 6.23 Å². The van der Waals surface area contributed by atoms with Gasteiger partial charge in [-0.15, -0.1) is 4.91 Å². The van der Waals surface area contributed by atoms with Gasteiger partial charge in [0.2, 0.25) is 17.8 Å². The molecule has 36 nitrogen and oxygen atoms in total. The fraction of sp³-hybridized carbons (Fsp3) is 0.172. The molecule has 66 heavy (non-hydrogen) atoms. The normalized spacial score (nSPS) is 15.5. The second kappa shape index (κ2) is 23.7. The highest BCUT2D eigenvalue weighted by Crippen LogP contribution is 2.28. The third kappa shape index (κ3) is 15.2. The zero-order valence-electron chi connectivity index (χ0n) is 33.7. The number of nitrogens with two attached hydrogens (primary N) is 15. The number of aromatic nitrogens is 12. The van der Waals surface area contributed by atoms with E-state index in [4.69, 9.17) is 108 Å². The molecule has 0 aliphatic carbocycles. The van der Waals surface area contributed by atoms with Gasteiger partial charge in [-0.05, 0) is 11.2 Å². The van der Waals surface area contributed by atoms with Crippen LogP contribution < -0.4 is 103 Å². The van der Waals surface area contributed by atoms with E-state index in [1.54, 1.807) is 0 Å². The van der Waals surface area contributed by atoms with Crippen molar-refractivity contribution in [2.75, 3.05) is 92.6 Å². The highest BCUT2D eigenvalue weighted by Gasteiger charge is 2.43. The molecule has 1 fully saturated rings. The van der Waals surface area contributed by atoms with Crippen molar-refractivity contribution in [3.8, 4) is 0 Å². The molecule has 6 aromatic heterocycles. The number of H-pyrrole nitrogens is 3. The minimum absolute atomic E-state index is 0.0308. The smallest absolute Gasteiger partial charge is 0.348 e. The molecular formula is C29H46N28O8S. The highest BCUT2D eigenvalue weighted by atomic mass is 32.1. The lowest BCUT2D eigenvalue weighted by Gasteiger charge is -2.16. The molecule has 7 rings (SSSR count). The van der Waals surface area contributed by atoms with Crippen molar-refractivity contribution in [3.05, 3.63) is 65.5 Å². The molecule has 0 aromatic carbocycles. The summed E-state index contributed by atoms with van der Waals surface area (Å²) in [5, 5.41) is 30.7. The molecule has 7 heterocycles. The van der Waals surface area contributed by atoms with E-state index in [1.807, 2.05) is 0 Å². The molecule has 4 atom stereocenters. The number of nitrogen functional groups attached to an aromatic ring is 15. The Balaban J connectivity index is 0.000000277. The number of nitrogens with one attached hydrogen (secondary N) is 3. The van der Waals surface area contributed by atoms with Gasteiger partial charge in [0.25, 0.3) is 5.56 Å². The fourth-order valence-corrected chi connectivity index (χ4v) is 4.45. The predicted octanol–water partition coefficient (Wildman–Crippen LogP) is -6.38. The van der Waals surface area contributed by atoms with Crippen molar-refractivity contribution >= 4 is 105 Å². The van der Waals surface area contributed by atoms with Gasteiger partial charge < -0.3 is 106 Å². The van der Waals surface area contributed by atoms with Crippen molar-refractivity contribution in [2.45, 2.75) is 24.5 Å². The lowest BCUT2D eigenvalue weighted by Crippen LogP contribution is -2.35. The molecule has 0 amide bonds.